The third kappa shape index (κ3) is 4.61. The maximum absolute atomic E-state index is 11.9. The van der Waals surface area contributed by atoms with Crippen molar-refractivity contribution in [3.63, 3.8) is 0 Å². The number of primary sulfonamides is 1. The molecule has 0 fully saturated rings. The molecular formula is C13H15N3O5S3. The lowest BCUT2D eigenvalue weighted by Gasteiger charge is -2.09. The number of nitrogens with one attached hydrogen (secondary N) is 2. The number of amides is 1. The molecule has 11 heteroatoms. The van der Waals surface area contributed by atoms with Crippen molar-refractivity contribution in [2.24, 2.45) is 5.14 Å². The minimum Gasteiger partial charge on any atom is -0.325 e. The Bertz CT molecular complexity index is 951. The smallest absolute Gasteiger partial charge is 0.250 e. The second-order valence-corrected chi connectivity index (χ2v) is 9.30. The van der Waals surface area contributed by atoms with Gasteiger partial charge in [0, 0.05) is 5.69 Å². The number of hydrogen-bond acceptors (Lipinski definition) is 6. The number of sulfonamides is 2. The van der Waals surface area contributed by atoms with Gasteiger partial charge in [0.2, 0.25) is 15.9 Å². The summed E-state index contributed by atoms with van der Waals surface area (Å²) in [5, 5.41) is 9.12. The number of thiophene rings is 1. The van der Waals surface area contributed by atoms with Gasteiger partial charge < -0.3 is 5.32 Å². The van der Waals surface area contributed by atoms with Crippen LogP contribution in [0.15, 0.2) is 44.8 Å². The maximum atomic E-state index is 11.9. The summed E-state index contributed by atoms with van der Waals surface area (Å²) in [6.45, 7) is 1.08. The molecule has 1 aromatic heterocycles. The summed E-state index contributed by atoms with van der Waals surface area (Å²) < 4.78 is 49.0. The molecule has 4 N–H and O–H groups in total. The van der Waals surface area contributed by atoms with E-state index in [1.54, 1.807) is 18.4 Å². The van der Waals surface area contributed by atoms with Crippen LogP contribution in [-0.4, -0.2) is 29.3 Å². The van der Waals surface area contributed by atoms with Crippen LogP contribution in [-0.2, 0) is 24.8 Å². The van der Waals surface area contributed by atoms with E-state index in [0.29, 0.717) is 5.56 Å². The third-order valence-electron chi connectivity index (χ3n) is 2.96. The van der Waals surface area contributed by atoms with Crippen LogP contribution in [0.3, 0.4) is 0 Å². The second kappa shape index (κ2) is 6.99. The van der Waals surface area contributed by atoms with E-state index in [0.717, 1.165) is 11.3 Å². The van der Waals surface area contributed by atoms with E-state index in [-0.39, 0.29) is 14.8 Å². The molecule has 2 aromatic rings. The summed E-state index contributed by atoms with van der Waals surface area (Å²) in [5.74, 6) is -0.639. The van der Waals surface area contributed by atoms with E-state index in [1.807, 2.05) is 0 Å². The van der Waals surface area contributed by atoms with Gasteiger partial charge in [0.15, 0.2) is 0 Å². The van der Waals surface area contributed by atoms with Gasteiger partial charge in [0.05, 0.1) is 11.4 Å². The predicted octanol–water partition coefficient (Wildman–Crippen LogP) is 0.621. The molecule has 1 amide bonds. The van der Waals surface area contributed by atoms with Crippen molar-refractivity contribution in [3.05, 3.63) is 41.3 Å². The molecule has 0 aliphatic heterocycles. The molecule has 0 saturated carbocycles. The highest BCUT2D eigenvalue weighted by atomic mass is 32.2. The molecule has 0 unspecified atom stereocenters. The highest BCUT2D eigenvalue weighted by Gasteiger charge is 2.17. The lowest BCUT2D eigenvalue weighted by molar-refractivity contribution is -0.115. The molecule has 1 aromatic carbocycles. The molecule has 0 aliphatic carbocycles. The fourth-order valence-electron chi connectivity index (χ4n) is 1.84. The zero-order chi connectivity index (χ0) is 18.0. The van der Waals surface area contributed by atoms with E-state index in [2.05, 4.69) is 10.0 Å². The summed E-state index contributed by atoms with van der Waals surface area (Å²) in [6.07, 6.45) is 0. The molecule has 1 heterocycles. The molecule has 130 valence electrons. The van der Waals surface area contributed by atoms with E-state index >= 15 is 0 Å². The highest BCUT2D eigenvalue weighted by molar-refractivity contribution is 7.91. The zero-order valence-corrected chi connectivity index (χ0v) is 15.0. The number of benzene rings is 1. The number of carbonyl (C=O) groups excluding carboxylic acids is 1. The van der Waals surface area contributed by atoms with Crippen LogP contribution >= 0.6 is 11.3 Å². The Morgan fingerprint density at radius 2 is 1.92 bits per heavy atom. The number of anilines is 1. The van der Waals surface area contributed by atoms with Crippen molar-refractivity contribution in [1.29, 1.82) is 0 Å². The highest BCUT2D eigenvalue weighted by Crippen LogP contribution is 2.19. The van der Waals surface area contributed by atoms with E-state index < -0.39 is 32.5 Å². The second-order valence-electron chi connectivity index (χ2n) is 4.83. The number of carbonyl (C=O) groups is 1. The molecule has 0 spiro atoms. The Hall–Kier alpha value is -1.79. The Balaban J connectivity index is 2.06. The van der Waals surface area contributed by atoms with Crippen LogP contribution in [0.2, 0.25) is 0 Å². The third-order valence-corrected chi connectivity index (χ3v) is 6.81. The molecule has 0 saturated heterocycles. The quantitative estimate of drug-likeness (QED) is 0.665. The molecule has 8 nitrogen and oxygen atoms in total. The Labute approximate surface area is 143 Å². The zero-order valence-electron chi connectivity index (χ0n) is 12.5. The predicted molar refractivity (Wildman–Crippen MR) is 90.7 cm³/mol. The summed E-state index contributed by atoms with van der Waals surface area (Å²) in [5.41, 5.74) is 0.638. The molecule has 0 atom stereocenters. The summed E-state index contributed by atoms with van der Waals surface area (Å²) in [6, 6.07) is 7.21. The number of rotatable bonds is 6. The summed E-state index contributed by atoms with van der Waals surface area (Å²) in [7, 11) is -7.67. The normalized spacial score (nSPS) is 12.1. The SMILES string of the molecule is Cc1ccc(NC(=O)CNS(=O)(=O)c2cccs2)cc1S(N)(=O)=O. The Morgan fingerprint density at radius 1 is 1.21 bits per heavy atom. The molecule has 2 rings (SSSR count). The van der Waals surface area contributed by atoms with Gasteiger partial charge >= 0.3 is 0 Å². The lowest BCUT2D eigenvalue weighted by Crippen LogP contribution is -2.32. The summed E-state index contributed by atoms with van der Waals surface area (Å²) in [4.78, 5) is 11.7. The average molecular weight is 389 g/mol. The first-order valence-electron chi connectivity index (χ1n) is 6.56. The van der Waals surface area contributed by atoms with Gasteiger partial charge in [-0.25, -0.2) is 26.7 Å². The van der Waals surface area contributed by atoms with Crippen LogP contribution in [0, 0.1) is 6.92 Å². The number of aryl methyl sites for hydroxylation is 1. The van der Waals surface area contributed by atoms with Crippen molar-refractivity contribution in [3.8, 4) is 0 Å². The Kier molecular flexibility index (Phi) is 5.40. The first-order valence-corrected chi connectivity index (χ1v) is 10.5. The van der Waals surface area contributed by atoms with Crippen LogP contribution in [0.1, 0.15) is 5.56 Å². The average Bonchev–Trinajstić information content (AvgIpc) is 3.01. The van der Waals surface area contributed by atoms with E-state index in [4.69, 9.17) is 5.14 Å². The van der Waals surface area contributed by atoms with Gasteiger partial charge in [0.1, 0.15) is 4.21 Å². The van der Waals surface area contributed by atoms with Crippen LogP contribution < -0.4 is 15.2 Å². The standard InChI is InChI=1S/C13H15N3O5S3/c1-9-4-5-10(7-11(9)23(14,18)19)16-12(17)8-15-24(20,21)13-3-2-6-22-13/h2-7,15H,8H2,1H3,(H,16,17)(H2,14,18,19). The Morgan fingerprint density at radius 3 is 2.50 bits per heavy atom. The molecule has 24 heavy (non-hydrogen) atoms. The fourth-order valence-corrected chi connectivity index (χ4v) is 4.67. The van der Waals surface area contributed by atoms with Gasteiger partial charge in [-0.15, -0.1) is 11.3 Å². The lowest BCUT2D eigenvalue weighted by atomic mass is 10.2. The van der Waals surface area contributed by atoms with Crippen LogP contribution in [0.5, 0.6) is 0 Å². The minimum absolute atomic E-state index is 0.0992. The minimum atomic E-state index is -3.92. The fraction of sp³-hybridized carbons (Fsp3) is 0.154. The first kappa shape index (κ1) is 18.5. The molecular weight excluding hydrogens is 374 g/mol. The van der Waals surface area contributed by atoms with Gasteiger partial charge in [-0.3, -0.25) is 4.79 Å². The van der Waals surface area contributed by atoms with Crippen molar-refractivity contribution in [1.82, 2.24) is 4.72 Å². The van der Waals surface area contributed by atoms with E-state index in [9.17, 15) is 21.6 Å². The molecule has 0 aliphatic rings. The van der Waals surface area contributed by atoms with Gasteiger partial charge in [-0.2, -0.15) is 0 Å². The monoisotopic (exact) mass is 389 g/mol. The van der Waals surface area contributed by atoms with Crippen molar-refractivity contribution in [2.75, 3.05) is 11.9 Å². The first-order chi connectivity index (χ1) is 11.1. The van der Waals surface area contributed by atoms with Crippen molar-refractivity contribution < 1.29 is 21.6 Å². The summed E-state index contributed by atoms with van der Waals surface area (Å²) >= 11 is 1.03. The number of nitrogens with two attached hydrogens (primary N) is 1. The van der Waals surface area contributed by atoms with Gasteiger partial charge in [-0.1, -0.05) is 12.1 Å². The van der Waals surface area contributed by atoms with E-state index in [1.165, 1.54) is 24.3 Å². The number of hydrogen-bond donors (Lipinski definition) is 3. The molecule has 0 radical (unpaired) electrons. The van der Waals surface area contributed by atoms with Crippen LogP contribution in [0.25, 0.3) is 0 Å². The van der Waals surface area contributed by atoms with Gasteiger partial charge in [0.25, 0.3) is 10.0 Å². The van der Waals surface area contributed by atoms with Crippen molar-refractivity contribution in [2.45, 2.75) is 16.0 Å². The maximum Gasteiger partial charge on any atom is 0.250 e. The molecule has 0 bridgehead atoms. The van der Waals surface area contributed by atoms with Crippen molar-refractivity contribution >= 4 is 43.0 Å². The van der Waals surface area contributed by atoms with Crippen LogP contribution in [0.4, 0.5) is 5.69 Å². The van der Waals surface area contributed by atoms with Gasteiger partial charge in [-0.05, 0) is 36.1 Å². The topological polar surface area (TPSA) is 135 Å². The largest absolute Gasteiger partial charge is 0.325 e.